The van der Waals surface area contributed by atoms with E-state index in [4.69, 9.17) is 9.47 Å². The predicted octanol–water partition coefficient (Wildman–Crippen LogP) is 3.24. The minimum Gasteiger partial charge on any atom is -0.465 e. The van der Waals surface area contributed by atoms with Crippen molar-refractivity contribution in [3.63, 3.8) is 0 Å². The van der Waals surface area contributed by atoms with Gasteiger partial charge in [-0.15, -0.1) is 13.2 Å². The second-order valence-corrected chi connectivity index (χ2v) is 11.3. The second kappa shape index (κ2) is 11.1. The van der Waals surface area contributed by atoms with Gasteiger partial charge in [0.25, 0.3) is 0 Å². The number of likely N-dealkylation sites (tertiary alicyclic amines) is 1. The summed E-state index contributed by atoms with van der Waals surface area (Å²) in [5, 5.41) is 9.33. The Bertz CT molecular complexity index is 867. The summed E-state index contributed by atoms with van der Waals surface area (Å²) in [5.41, 5.74) is -2.38. The summed E-state index contributed by atoms with van der Waals surface area (Å²) in [4.78, 5) is 45.1. The van der Waals surface area contributed by atoms with E-state index < -0.39 is 40.6 Å². The quantitative estimate of drug-likeness (QED) is 0.235. The van der Waals surface area contributed by atoms with Crippen LogP contribution in [0, 0.1) is 11.8 Å². The fourth-order valence-electron chi connectivity index (χ4n) is 6.45. The van der Waals surface area contributed by atoms with E-state index in [1.54, 1.807) is 22.0 Å². The van der Waals surface area contributed by atoms with Crippen molar-refractivity contribution >= 4 is 17.8 Å². The van der Waals surface area contributed by atoms with Crippen molar-refractivity contribution < 1.29 is 29.0 Å². The highest BCUT2D eigenvalue weighted by Crippen LogP contribution is 2.64. The maximum atomic E-state index is 14.2. The van der Waals surface area contributed by atoms with Gasteiger partial charge in [-0.05, 0) is 65.7 Å². The smallest absolute Gasteiger partial charge is 0.312 e. The molecule has 2 unspecified atom stereocenters. The van der Waals surface area contributed by atoms with Crippen molar-refractivity contribution in [2.24, 2.45) is 11.8 Å². The molecule has 2 amide bonds. The number of unbranched alkanes of at least 4 members (excludes halogenated alkanes) is 2. The molecule has 3 fully saturated rings. The lowest BCUT2D eigenvalue weighted by molar-refractivity contribution is -0.162. The first-order valence-electron chi connectivity index (χ1n) is 13.4. The van der Waals surface area contributed by atoms with Gasteiger partial charge in [0.15, 0.2) is 0 Å². The van der Waals surface area contributed by atoms with Crippen LogP contribution in [0.1, 0.15) is 72.6 Å². The lowest BCUT2D eigenvalue weighted by Gasteiger charge is -2.42. The molecule has 5 atom stereocenters. The zero-order valence-corrected chi connectivity index (χ0v) is 22.5. The van der Waals surface area contributed by atoms with E-state index in [1.807, 2.05) is 27.7 Å². The Morgan fingerprint density at radius 1 is 1.22 bits per heavy atom. The van der Waals surface area contributed by atoms with Gasteiger partial charge in [0.1, 0.15) is 17.6 Å². The van der Waals surface area contributed by atoms with Gasteiger partial charge in [-0.25, -0.2) is 0 Å². The highest BCUT2D eigenvalue weighted by atomic mass is 16.6. The monoisotopic (exact) mass is 504 g/mol. The van der Waals surface area contributed by atoms with Gasteiger partial charge in [0.2, 0.25) is 11.8 Å². The van der Waals surface area contributed by atoms with E-state index in [0.29, 0.717) is 51.6 Å². The standard InChI is InChI=1S/C28H44N2O6/c1-7-10-13-19-35-25(34)21-20-23(32)29(17-11-12-18-31)22(24(33)30(16-8-2)26(4,5)6)28(20)15-14-27(21,9-3)36-28/h7-8,20-22,31H,1-2,9-19H2,3-6H3/t20-,21-,22?,27+,28?/m0/s1. The Balaban J connectivity index is 2.03. The van der Waals surface area contributed by atoms with Crippen LogP contribution < -0.4 is 0 Å². The summed E-state index contributed by atoms with van der Waals surface area (Å²) in [5.74, 6) is -2.32. The molecule has 3 saturated heterocycles. The summed E-state index contributed by atoms with van der Waals surface area (Å²) in [6.07, 6.45) is 7.65. The molecule has 3 heterocycles. The minimum atomic E-state index is -1.07. The van der Waals surface area contributed by atoms with E-state index >= 15 is 0 Å². The van der Waals surface area contributed by atoms with Crippen molar-refractivity contribution in [1.82, 2.24) is 9.80 Å². The molecule has 202 valence electrons. The van der Waals surface area contributed by atoms with Gasteiger partial charge in [0, 0.05) is 25.2 Å². The Morgan fingerprint density at radius 3 is 2.53 bits per heavy atom. The highest BCUT2D eigenvalue weighted by Gasteiger charge is 2.79. The van der Waals surface area contributed by atoms with Gasteiger partial charge in [0.05, 0.1) is 18.1 Å². The number of carbonyl (C=O) groups is 3. The number of rotatable bonds is 13. The first kappa shape index (κ1) is 28.4. The SMILES string of the molecule is C=CCCCOC(=O)[C@@H]1[C@H]2C(=O)N(CCCCO)C(C(=O)N(CC=C)C(C)(C)C)C23CC[C@@]1(CC)O3. The summed E-state index contributed by atoms with van der Waals surface area (Å²) < 4.78 is 12.4. The van der Waals surface area contributed by atoms with Crippen LogP contribution in [0.3, 0.4) is 0 Å². The van der Waals surface area contributed by atoms with E-state index in [0.717, 1.165) is 6.42 Å². The zero-order chi connectivity index (χ0) is 26.7. The number of nitrogens with zero attached hydrogens (tertiary/aromatic N) is 2. The molecule has 2 bridgehead atoms. The van der Waals surface area contributed by atoms with E-state index in [2.05, 4.69) is 13.2 Å². The molecule has 36 heavy (non-hydrogen) atoms. The molecule has 0 radical (unpaired) electrons. The van der Waals surface area contributed by atoms with Gasteiger partial charge in [-0.3, -0.25) is 14.4 Å². The second-order valence-electron chi connectivity index (χ2n) is 11.3. The van der Waals surface area contributed by atoms with Gasteiger partial charge >= 0.3 is 5.97 Å². The number of aliphatic hydroxyl groups excluding tert-OH is 1. The lowest BCUT2D eigenvalue weighted by Crippen LogP contribution is -2.60. The van der Waals surface area contributed by atoms with Crippen LogP contribution in [0.15, 0.2) is 25.3 Å². The molecule has 3 rings (SSSR count). The summed E-state index contributed by atoms with van der Waals surface area (Å²) in [6.45, 7) is 16.3. The Morgan fingerprint density at radius 2 is 1.94 bits per heavy atom. The Hall–Kier alpha value is -2.19. The van der Waals surface area contributed by atoms with Crippen molar-refractivity contribution in [2.45, 2.75) is 95.4 Å². The number of carbonyl (C=O) groups excluding carboxylic acids is 3. The van der Waals surface area contributed by atoms with Crippen molar-refractivity contribution in [2.75, 3.05) is 26.3 Å². The molecule has 8 heteroatoms. The molecule has 3 aliphatic rings. The third kappa shape index (κ3) is 4.74. The number of esters is 1. The number of hydrogen-bond acceptors (Lipinski definition) is 6. The van der Waals surface area contributed by atoms with Crippen molar-refractivity contribution in [3.8, 4) is 0 Å². The van der Waals surface area contributed by atoms with Crippen LogP contribution in [0.25, 0.3) is 0 Å². The van der Waals surface area contributed by atoms with Crippen LogP contribution in [-0.4, -0.2) is 81.8 Å². The largest absolute Gasteiger partial charge is 0.465 e. The molecule has 8 nitrogen and oxygen atoms in total. The third-order valence-corrected chi connectivity index (χ3v) is 8.16. The zero-order valence-electron chi connectivity index (χ0n) is 22.5. The van der Waals surface area contributed by atoms with E-state index in [-0.39, 0.29) is 25.0 Å². The van der Waals surface area contributed by atoms with Crippen LogP contribution in [0.2, 0.25) is 0 Å². The molecule has 0 saturated carbocycles. The van der Waals surface area contributed by atoms with E-state index in [9.17, 15) is 19.5 Å². The van der Waals surface area contributed by atoms with E-state index in [1.165, 1.54) is 0 Å². The molecule has 0 aromatic carbocycles. The number of aliphatic hydroxyl groups is 1. The first-order valence-corrected chi connectivity index (χ1v) is 13.4. The fraction of sp³-hybridized carbons (Fsp3) is 0.750. The van der Waals surface area contributed by atoms with Gasteiger partial charge in [-0.1, -0.05) is 19.1 Å². The fourth-order valence-corrected chi connectivity index (χ4v) is 6.45. The predicted molar refractivity (Wildman–Crippen MR) is 137 cm³/mol. The first-order chi connectivity index (χ1) is 17.0. The number of ether oxygens (including phenoxy) is 2. The van der Waals surface area contributed by atoms with Crippen LogP contribution in [0.5, 0.6) is 0 Å². The number of amides is 2. The molecule has 0 aliphatic carbocycles. The molecule has 0 aromatic heterocycles. The van der Waals surface area contributed by atoms with Crippen molar-refractivity contribution in [1.29, 1.82) is 0 Å². The molecule has 0 aromatic rings. The molecule has 3 aliphatic heterocycles. The maximum Gasteiger partial charge on any atom is 0.312 e. The Labute approximate surface area is 215 Å². The molecular weight excluding hydrogens is 460 g/mol. The molecule has 1 N–H and O–H groups in total. The van der Waals surface area contributed by atoms with Crippen LogP contribution in [-0.2, 0) is 23.9 Å². The number of hydrogen-bond donors (Lipinski definition) is 1. The number of allylic oxidation sites excluding steroid dienone is 1. The molecular formula is C28H44N2O6. The van der Waals surface area contributed by atoms with Crippen molar-refractivity contribution in [3.05, 3.63) is 25.3 Å². The average molecular weight is 505 g/mol. The van der Waals surface area contributed by atoms with Crippen LogP contribution >= 0.6 is 0 Å². The summed E-state index contributed by atoms with van der Waals surface area (Å²) in [6, 6.07) is -0.833. The van der Waals surface area contributed by atoms with Gasteiger partial charge < -0.3 is 24.4 Å². The summed E-state index contributed by atoms with van der Waals surface area (Å²) in [7, 11) is 0. The number of fused-ring (bicyclic) bond motifs is 1. The minimum absolute atomic E-state index is 0.00883. The van der Waals surface area contributed by atoms with Crippen LogP contribution in [0.4, 0.5) is 0 Å². The highest BCUT2D eigenvalue weighted by molar-refractivity contribution is 5.98. The summed E-state index contributed by atoms with van der Waals surface area (Å²) >= 11 is 0. The molecule has 1 spiro atoms. The lowest BCUT2D eigenvalue weighted by atomic mass is 9.65. The normalized spacial score (nSPS) is 30.9. The maximum absolute atomic E-state index is 14.2. The topological polar surface area (TPSA) is 96.4 Å². The average Bonchev–Trinajstić information content (AvgIpc) is 3.43. The Kier molecular flexibility index (Phi) is 8.71. The van der Waals surface area contributed by atoms with Gasteiger partial charge in [-0.2, -0.15) is 0 Å². The third-order valence-electron chi connectivity index (χ3n) is 8.16.